The highest BCUT2D eigenvalue weighted by molar-refractivity contribution is 5.93. The molecule has 0 saturated heterocycles. The minimum atomic E-state index is -1.23. The average molecular weight is 345 g/mol. The monoisotopic (exact) mass is 345 g/mol. The lowest BCUT2D eigenvalue weighted by atomic mass is 10.1. The largest absolute Gasteiger partial charge is 0.480 e. The van der Waals surface area contributed by atoms with Gasteiger partial charge in [-0.2, -0.15) is 0 Å². The molecule has 0 radical (unpaired) electrons. The smallest absolute Gasteiger partial charge is 0.325 e. The quantitative estimate of drug-likeness (QED) is 0.240. The van der Waals surface area contributed by atoms with Crippen molar-refractivity contribution in [3.8, 4) is 0 Å². The fraction of sp³-hybridized carbons (Fsp3) is 0.615. The zero-order valence-electron chi connectivity index (χ0n) is 13.5. The molecule has 3 unspecified atom stereocenters. The van der Waals surface area contributed by atoms with Crippen LogP contribution >= 0.6 is 0 Å². The normalized spacial score (nSPS) is 14.0. The highest BCUT2D eigenvalue weighted by atomic mass is 16.4. The summed E-state index contributed by atoms with van der Waals surface area (Å²) < 4.78 is 0. The third kappa shape index (κ3) is 8.08. The van der Waals surface area contributed by atoms with Crippen LogP contribution in [0.5, 0.6) is 0 Å². The molecule has 0 aromatic heterocycles. The molecule has 0 aromatic carbocycles. The molecule has 136 valence electrons. The van der Waals surface area contributed by atoms with Crippen molar-refractivity contribution in [1.82, 2.24) is 16.0 Å². The van der Waals surface area contributed by atoms with Crippen molar-refractivity contribution >= 4 is 29.6 Å². The summed E-state index contributed by atoms with van der Waals surface area (Å²) in [5, 5.41) is 15.6. The van der Waals surface area contributed by atoms with Crippen LogP contribution in [0, 0.1) is 0 Å². The molecule has 0 aliphatic rings. The van der Waals surface area contributed by atoms with Gasteiger partial charge in [-0.25, -0.2) is 0 Å². The lowest BCUT2D eigenvalue weighted by Gasteiger charge is -2.21. The van der Waals surface area contributed by atoms with Crippen molar-refractivity contribution in [2.75, 3.05) is 6.54 Å². The van der Waals surface area contributed by atoms with E-state index in [0.29, 0.717) is 0 Å². The summed E-state index contributed by atoms with van der Waals surface area (Å²) in [5.74, 6) is -3.93. The van der Waals surface area contributed by atoms with Crippen LogP contribution in [-0.2, 0) is 24.0 Å². The number of carbonyl (C=O) groups is 5. The number of nitrogens with two attached hydrogens (primary N) is 2. The molecule has 3 atom stereocenters. The van der Waals surface area contributed by atoms with Gasteiger partial charge < -0.3 is 32.5 Å². The Morgan fingerprint density at radius 2 is 1.50 bits per heavy atom. The van der Waals surface area contributed by atoms with E-state index in [0.717, 1.165) is 0 Å². The minimum Gasteiger partial charge on any atom is -0.480 e. The fourth-order valence-electron chi connectivity index (χ4n) is 1.59. The summed E-state index contributed by atoms with van der Waals surface area (Å²) in [7, 11) is 0. The zero-order valence-corrected chi connectivity index (χ0v) is 13.5. The van der Waals surface area contributed by atoms with Crippen molar-refractivity contribution in [3.63, 3.8) is 0 Å². The molecule has 0 bridgehead atoms. The maximum atomic E-state index is 12.1. The third-order valence-corrected chi connectivity index (χ3v) is 3.00. The van der Waals surface area contributed by atoms with Crippen LogP contribution in [-0.4, -0.2) is 59.4 Å². The SMILES string of the molecule is CC(NC(=O)C(C)NC(=O)C(CCC(N)=O)NC(=O)CN)C(=O)O. The first-order valence-corrected chi connectivity index (χ1v) is 7.19. The number of rotatable bonds is 10. The van der Waals surface area contributed by atoms with E-state index in [9.17, 15) is 24.0 Å². The first-order valence-electron chi connectivity index (χ1n) is 7.19. The molecule has 0 aliphatic carbocycles. The second-order valence-corrected chi connectivity index (χ2v) is 5.13. The van der Waals surface area contributed by atoms with Crippen LogP contribution in [0.4, 0.5) is 0 Å². The Kier molecular flexibility index (Phi) is 9.02. The Morgan fingerprint density at radius 3 is 1.96 bits per heavy atom. The van der Waals surface area contributed by atoms with Crippen LogP contribution < -0.4 is 27.4 Å². The van der Waals surface area contributed by atoms with Gasteiger partial charge in [-0.1, -0.05) is 0 Å². The van der Waals surface area contributed by atoms with Gasteiger partial charge in [0.15, 0.2) is 0 Å². The molecule has 0 rings (SSSR count). The number of hydrogen-bond acceptors (Lipinski definition) is 6. The molecule has 4 amide bonds. The summed E-state index contributed by atoms with van der Waals surface area (Å²) in [5.41, 5.74) is 10.2. The average Bonchev–Trinajstić information content (AvgIpc) is 2.50. The van der Waals surface area contributed by atoms with Crippen LogP contribution in [0.3, 0.4) is 0 Å². The molecule has 8 N–H and O–H groups in total. The van der Waals surface area contributed by atoms with Gasteiger partial charge in [0.25, 0.3) is 0 Å². The molecular weight excluding hydrogens is 322 g/mol. The van der Waals surface area contributed by atoms with E-state index in [1.807, 2.05) is 0 Å². The van der Waals surface area contributed by atoms with Gasteiger partial charge in [0, 0.05) is 6.42 Å². The Hall–Kier alpha value is -2.69. The van der Waals surface area contributed by atoms with Gasteiger partial charge in [0.1, 0.15) is 18.1 Å². The lowest BCUT2D eigenvalue weighted by molar-refractivity contribution is -0.141. The number of nitrogens with one attached hydrogen (secondary N) is 3. The Balaban J connectivity index is 4.76. The summed E-state index contributed by atoms with van der Waals surface area (Å²) >= 11 is 0. The second-order valence-electron chi connectivity index (χ2n) is 5.13. The third-order valence-electron chi connectivity index (χ3n) is 3.00. The van der Waals surface area contributed by atoms with Crippen LogP contribution in [0.1, 0.15) is 26.7 Å². The molecule has 0 aliphatic heterocycles. The molecule has 0 heterocycles. The van der Waals surface area contributed by atoms with E-state index in [2.05, 4.69) is 16.0 Å². The highest BCUT2D eigenvalue weighted by Gasteiger charge is 2.25. The first-order chi connectivity index (χ1) is 11.1. The Labute approximate surface area is 138 Å². The number of carbonyl (C=O) groups excluding carboxylic acids is 4. The van der Waals surface area contributed by atoms with E-state index in [4.69, 9.17) is 16.6 Å². The van der Waals surface area contributed by atoms with Crippen molar-refractivity contribution in [2.45, 2.75) is 44.8 Å². The highest BCUT2D eigenvalue weighted by Crippen LogP contribution is 1.99. The maximum Gasteiger partial charge on any atom is 0.325 e. The van der Waals surface area contributed by atoms with Crippen molar-refractivity contribution < 1.29 is 29.1 Å². The van der Waals surface area contributed by atoms with Gasteiger partial charge in [0.2, 0.25) is 23.6 Å². The Morgan fingerprint density at radius 1 is 0.958 bits per heavy atom. The van der Waals surface area contributed by atoms with Crippen molar-refractivity contribution in [1.29, 1.82) is 0 Å². The van der Waals surface area contributed by atoms with Gasteiger partial charge in [-0.15, -0.1) is 0 Å². The van der Waals surface area contributed by atoms with E-state index in [1.54, 1.807) is 0 Å². The van der Waals surface area contributed by atoms with Crippen LogP contribution in [0.2, 0.25) is 0 Å². The van der Waals surface area contributed by atoms with E-state index in [1.165, 1.54) is 13.8 Å². The zero-order chi connectivity index (χ0) is 18.9. The molecule has 11 heteroatoms. The molecule has 0 fully saturated rings. The number of amides is 4. The van der Waals surface area contributed by atoms with Crippen LogP contribution in [0.15, 0.2) is 0 Å². The van der Waals surface area contributed by atoms with Crippen molar-refractivity contribution in [2.24, 2.45) is 11.5 Å². The molecule has 0 spiro atoms. The van der Waals surface area contributed by atoms with E-state index in [-0.39, 0.29) is 19.4 Å². The summed E-state index contributed by atoms with van der Waals surface area (Å²) in [6.07, 6.45) is -0.216. The number of primary amides is 1. The summed E-state index contributed by atoms with van der Waals surface area (Å²) in [4.78, 5) is 56.8. The van der Waals surface area contributed by atoms with Crippen LogP contribution in [0.25, 0.3) is 0 Å². The van der Waals surface area contributed by atoms with E-state index >= 15 is 0 Å². The number of carboxylic acids is 1. The van der Waals surface area contributed by atoms with Gasteiger partial charge in [0.05, 0.1) is 6.54 Å². The molecule has 24 heavy (non-hydrogen) atoms. The first kappa shape index (κ1) is 21.3. The lowest BCUT2D eigenvalue weighted by Crippen LogP contribution is -2.55. The predicted octanol–water partition coefficient (Wildman–Crippen LogP) is -3.21. The summed E-state index contributed by atoms with van der Waals surface area (Å²) in [6.45, 7) is 2.26. The maximum absolute atomic E-state index is 12.1. The van der Waals surface area contributed by atoms with Gasteiger partial charge in [-0.05, 0) is 20.3 Å². The molecular formula is C13H23N5O6. The van der Waals surface area contributed by atoms with E-state index < -0.39 is 47.7 Å². The van der Waals surface area contributed by atoms with Gasteiger partial charge in [-0.3, -0.25) is 24.0 Å². The van der Waals surface area contributed by atoms with Crippen molar-refractivity contribution in [3.05, 3.63) is 0 Å². The molecule has 0 aromatic rings. The predicted molar refractivity (Wildman–Crippen MR) is 82.3 cm³/mol. The second kappa shape index (κ2) is 10.2. The Bertz CT molecular complexity index is 509. The summed E-state index contributed by atoms with van der Waals surface area (Å²) in [6, 6.07) is -3.27. The molecule has 11 nitrogen and oxygen atoms in total. The number of aliphatic carboxylic acids is 1. The number of carboxylic acid groups (broad SMARTS) is 1. The van der Waals surface area contributed by atoms with Gasteiger partial charge >= 0.3 is 5.97 Å². The minimum absolute atomic E-state index is 0.0627. The fourth-order valence-corrected chi connectivity index (χ4v) is 1.59. The topological polar surface area (TPSA) is 194 Å². The number of hydrogen-bond donors (Lipinski definition) is 6. The standard InChI is InChI=1S/C13H23N5O6/c1-6(11(21)17-7(2)13(23)24)16-12(22)8(3-4-9(15)19)18-10(20)5-14/h6-8H,3-5,14H2,1-2H3,(H2,15,19)(H,16,22)(H,17,21)(H,18,20)(H,23,24). The molecule has 0 saturated carbocycles.